The Morgan fingerprint density at radius 2 is 1.71 bits per heavy atom. The van der Waals surface area contributed by atoms with Gasteiger partial charge < -0.3 is 0 Å². The monoisotopic (exact) mass is 223 g/mol. The number of nitrogens with zero attached hydrogens (tertiary/aromatic N) is 1. The molecule has 17 heavy (non-hydrogen) atoms. The molecule has 1 aliphatic rings. The van der Waals surface area contributed by atoms with E-state index >= 15 is 0 Å². The first kappa shape index (κ1) is 10.5. The van der Waals surface area contributed by atoms with E-state index in [1.165, 1.54) is 22.3 Å². The molecule has 0 saturated carbocycles. The Hall–Kier alpha value is -1.60. The minimum Gasteiger partial charge on any atom is -0.291 e. The van der Waals surface area contributed by atoms with Crippen LogP contribution in [0.25, 0.3) is 0 Å². The van der Waals surface area contributed by atoms with E-state index in [1.54, 1.807) is 0 Å². The van der Waals surface area contributed by atoms with E-state index < -0.39 is 0 Å². The zero-order chi connectivity index (χ0) is 11.7. The van der Waals surface area contributed by atoms with Gasteiger partial charge in [0.05, 0.1) is 0 Å². The summed E-state index contributed by atoms with van der Waals surface area (Å²) in [5.41, 5.74) is 5.76. The molecule has 86 valence electrons. The number of aryl methyl sites for hydroxylation is 1. The Kier molecular flexibility index (Phi) is 2.69. The van der Waals surface area contributed by atoms with Crippen LogP contribution in [-0.4, -0.2) is 4.90 Å². The van der Waals surface area contributed by atoms with Gasteiger partial charge in [-0.1, -0.05) is 54.1 Å². The fourth-order valence-electron chi connectivity index (χ4n) is 2.55. The SMILES string of the molecule is Cc1ccc2c(c1)CN(Cc1ccccc1)C2. The van der Waals surface area contributed by atoms with Crippen LogP contribution in [0.1, 0.15) is 22.3 Å². The number of hydrogen-bond acceptors (Lipinski definition) is 1. The molecule has 0 saturated heterocycles. The van der Waals surface area contributed by atoms with Crippen LogP contribution in [-0.2, 0) is 19.6 Å². The number of benzene rings is 2. The van der Waals surface area contributed by atoms with Crippen molar-refractivity contribution in [2.24, 2.45) is 0 Å². The molecule has 0 N–H and O–H groups in total. The summed E-state index contributed by atoms with van der Waals surface area (Å²) in [7, 11) is 0. The summed E-state index contributed by atoms with van der Waals surface area (Å²) in [5.74, 6) is 0. The fraction of sp³-hybridized carbons (Fsp3) is 0.250. The van der Waals surface area contributed by atoms with Crippen molar-refractivity contribution < 1.29 is 0 Å². The lowest BCUT2D eigenvalue weighted by atomic mass is 10.1. The van der Waals surface area contributed by atoms with E-state index in [0.717, 1.165) is 19.6 Å². The lowest BCUT2D eigenvalue weighted by Crippen LogP contribution is -2.15. The van der Waals surface area contributed by atoms with Gasteiger partial charge in [0.25, 0.3) is 0 Å². The second kappa shape index (κ2) is 4.34. The van der Waals surface area contributed by atoms with Crippen molar-refractivity contribution in [1.29, 1.82) is 0 Å². The third-order valence-corrected chi connectivity index (χ3v) is 3.40. The summed E-state index contributed by atoms with van der Waals surface area (Å²) in [6.45, 7) is 5.39. The van der Waals surface area contributed by atoms with E-state index in [2.05, 4.69) is 60.4 Å². The molecule has 1 heteroatoms. The zero-order valence-electron chi connectivity index (χ0n) is 10.2. The van der Waals surface area contributed by atoms with Gasteiger partial charge in [0.1, 0.15) is 0 Å². The predicted molar refractivity (Wildman–Crippen MR) is 70.6 cm³/mol. The summed E-state index contributed by atoms with van der Waals surface area (Å²) < 4.78 is 0. The summed E-state index contributed by atoms with van der Waals surface area (Å²) >= 11 is 0. The Morgan fingerprint density at radius 3 is 2.53 bits per heavy atom. The van der Waals surface area contributed by atoms with E-state index in [1.807, 2.05) is 0 Å². The van der Waals surface area contributed by atoms with Crippen molar-refractivity contribution in [3.8, 4) is 0 Å². The van der Waals surface area contributed by atoms with Gasteiger partial charge in [-0.25, -0.2) is 0 Å². The highest BCUT2D eigenvalue weighted by Gasteiger charge is 2.18. The minimum atomic E-state index is 1.05. The third kappa shape index (κ3) is 2.25. The molecule has 0 atom stereocenters. The van der Waals surface area contributed by atoms with Gasteiger partial charge in [-0.3, -0.25) is 4.90 Å². The molecule has 0 spiro atoms. The summed E-state index contributed by atoms with van der Waals surface area (Å²) in [6.07, 6.45) is 0. The highest BCUT2D eigenvalue weighted by molar-refractivity contribution is 5.34. The lowest BCUT2D eigenvalue weighted by molar-refractivity contribution is 0.275. The van der Waals surface area contributed by atoms with Crippen molar-refractivity contribution in [3.05, 3.63) is 70.8 Å². The maximum absolute atomic E-state index is 2.50. The smallest absolute Gasteiger partial charge is 0.0244 e. The molecule has 2 aromatic rings. The second-order valence-electron chi connectivity index (χ2n) is 4.90. The van der Waals surface area contributed by atoms with Crippen molar-refractivity contribution in [2.75, 3.05) is 0 Å². The van der Waals surface area contributed by atoms with Gasteiger partial charge in [-0.2, -0.15) is 0 Å². The molecule has 0 fully saturated rings. The Bertz CT molecular complexity index is 516. The maximum atomic E-state index is 2.50. The zero-order valence-corrected chi connectivity index (χ0v) is 10.2. The van der Waals surface area contributed by atoms with Gasteiger partial charge in [0.15, 0.2) is 0 Å². The van der Waals surface area contributed by atoms with E-state index in [-0.39, 0.29) is 0 Å². The molecule has 1 heterocycles. The molecule has 0 aromatic heterocycles. The molecule has 1 aliphatic heterocycles. The highest BCUT2D eigenvalue weighted by atomic mass is 15.1. The van der Waals surface area contributed by atoms with Crippen molar-refractivity contribution in [1.82, 2.24) is 4.90 Å². The van der Waals surface area contributed by atoms with Crippen LogP contribution in [0.5, 0.6) is 0 Å². The molecule has 3 rings (SSSR count). The molecular formula is C16H17N. The van der Waals surface area contributed by atoms with E-state index in [0.29, 0.717) is 0 Å². The van der Waals surface area contributed by atoms with Crippen LogP contribution in [0.3, 0.4) is 0 Å². The molecule has 0 unspecified atom stereocenters. The quantitative estimate of drug-likeness (QED) is 0.753. The van der Waals surface area contributed by atoms with Crippen LogP contribution in [0, 0.1) is 6.92 Å². The normalized spacial score (nSPS) is 14.9. The first-order chi connectivity index (χ1) is 8.31. The Balaban J connectivity index is 1.74. The first-order valence-corrected chi connectivity index (χ1v) is 6.16. The summed E-state index contributed by atoms with van der Waals surface area (Å²) in [6, 6.07) is 17.5. The topological polar surface area (TPSA) is 3.24 Å². The van der Waals surface area contributed by atoms with Crippen LogP contribution in [0.4, 0.5) is 0 Å². The second-order valence-corrected chi connectivity index (χ2v) is 4.90. The molecule has 0 aliphatic carbocycles. The van der Waals surface area contributed by atoms with Crippen LogP contribution < -0.4 is 0 Å². The number of rotatable bonds is 2. The Labute approximate surface area is 103 Å². The molecule has 0 radical (unpaired) electrons. The standard InChI is InChI=1S/C16H17N/c1-13-7-8-15-11-17(12-16(15)9-13)10-14-5-3-2-4-6-14/h2-9H,10-12H2,1H3. The third-order valence-electron chi connectivity index (χ3n) is 3.40. The van der Waals surface area contributed by atoms with Gasteiger partial charge in [0.2, 0.25) is 0 Å². The van der Waals surface area contributed by atoms with Crippen LogP contribution in [0.15, 0.2) is 48.5 Å². The lowest BCUT2D eigenvalue weighted by Gasteiger charge is -2.14. The molecule has 2 aromatic carbocycles. The molecular weight excluding hydrogens is 206 g/mol. The van der Waals surface area contributed by atoms with Crippen molar-refractivity contribution >= 4 is 0 Å². The summed E-state index contributed by atoms with van der Waals surface area (Å²) in [4.78, 5) is 2.50. The van der Waals surface area contributed by atoms with Gasteiger partial charge in [0, 0.05) is 19.6 Å². The molecule has 1 nitrogen and oxygen atoms in total. The van der Waals surface area contributed by atoms with Crippen LogP contribution in [0.2, 0.25) is 0 Å². The van der Waals surface area contributed by atoms with Crippen LogP contribution >= 0.6 is 0 Å². The highest BCUT2D eigenvalue weighted by Crippen LogP contribution is 2.24. The molecule has 0 bridgehead atoms. The molecule has 0 amide bonds. The largest absolute Gasteiger partial charge is 0.291 e. The maximum Gasteiger partial charge on any atom is 0.0244 e. The van der Waals surface area contributed by atoms with Gasteiger partial charge >= 0.3 is 0 Å². The fourth-order valence-corrected chi connectivity index (χ4v) is 2.55. The van der Waals surface area contributed by atoms with Crippen molar-refractivity contribution in [2.45, 2.75) is 26.6 Å². The van der Waals surface area contributed by atoms with E-state index in [9.17, 15) is 0 Å². The predicted octanol–water partition coefficient (Wildman–Crippen LogP) is 3.51. The summed E-state index contributed by atoms with van der Waals surface area (Å²) in [5, 5.41) is 0. The first-order valence-electron chi connectivity index (χ1n) is 6.16. The average Bonchev–Trinajstić information content (AvgIpc) is 2.71. The Morgan fingerprint density at radius 1 is 0.941 bits per heavy atom. The number of fused-ring (bicyclic) bond motifs is 1. The number of hydrogen-bond donors (Lipinski definition) is 0. The van der Waals surface area contributed by atoms with Crippen molar-refractivity contribution in [3.63, 3.8) is 0 Å². The van der Waals surface area contributed by atoms with Gasteiger partial charge in [-0.05, 0) is 23.6 Å². The average molecular weight is 223 g/mol. The van der Waals surface area contributed by atoms with E-state index in [4.69, 9.17) is 0 Å². The minimum absolute atomic E-state index is 1.05. The van der Waals surface area contributed by atoms with Gasteiger partial charge in [-0.15, -0.1) is 0 Å².